The molecule has 1 aliphatic heterocycles. The Morgan fingerprint density at radius 1 is 1.11 bits per heavy atom. The SMILES string of the molecule is COC(=O)CCC1CCC(NC(=O)c2ccc(C3CCNCC3)cc2C)CC1. The largest absolute Gasteiger partial charge is 0.469 e. The summed E-state index contributed by atoms with van der Waals surface area (Å²) in [6.45, 7) is 4.20. The van der Waals surface area contributed by atoms with Gasteiger partial charge in [-0.2, -0.15) is 0 Å². The van der Waals surface area contributed by atoms with Gasteiger partial charge in [0.1, 0.15) is 0 Å². The molecule has 1 aromatic rings. The quantitative estimate of drug-likeness (QED) is 0.732. The molecule has 154 valence electrons. The number of nitrogens with one attached hydrogen (secondary N) is 2. The Balaban J connectivity index is 1.49. The van der Waals surface area contributed by atoms with Crippen molar-refractivity contribution in [3.05, 3.63) is 34.9 Å². The van der Waals surface area contributed by atoms with Crippen molar-refractivity contribution in [2.24, 2.45) is 5.92 Å². The first-order valence-corrected chi connectivity index (χ1v) is 10.8. The second kappa shape index (κ2) is 10.1. The van der Waals surface area contributed by atoms with Gasteiger partial charge in [0, 0.05) is 18.0 Å². The number of carbonyl (C=O) groups excluding carboxylic acids is 2. The molecule has 0 spiro atoms. The summed E-state index contributed by atoms with van der Waals surface area (Å²) < 4.78 is 4.72. The third kappa shape index (κ3) is 5.57. The maximum atomic E-state index is 12.8. The molecule has 5 heteroatoms. The first-order chi connectivity index (χ1) is 13.6. The third-order valence-corrected chi connectivity index (χ3v) is 6.47. The minimum absolute atomic E-state index is 0.0485. The highest BCUT2D eigenvalue weighted by Crippen LogP contribution is 2.29. The number of carbonyl (C=O) groups is 2. The predicted octanol–water partition coefficient (Wildman–Crippen LogP) is 3.70. The number of hydrogen-bond donors (Lipinski definition) is 2. The van der Waals surface area contributed by atoms with Crippen molar-refractivity contribution >= 4 is 11.9 Å². The summed E-state index contributed by atoms with van der Waals surface area (Å²) in [5.41, 5.74) is 3.23. The molecular formula is C23H34N2O3. The van der Waals surface area contributed by atoms with Gasteiger partial charge in [0.25, 0.3) is 5.91 Å². The Kier molecular flexibility index (Phi) is 7.49. The molecular weight excluding hydrogens is 352 g/mol. The molecule has 1 aromatic carbocycles. The standard InChI is InChI=1S/C23H34N2O3/c1-16-15-19(18-11-13-24-14-12-18)6-9-21(16)23(27)25-20-7-3-17(4-8-20)5-10-22(26)28-2/h6,9,15,17-18,20,24H,3-5,7-8,10-14H2,1-2H3,(H,25,27). The second-order valence-electron chi connectivity index (χ2n) is 8.40. The van der Waals surface area contributed by atoms with Crippen LogP contribution >= 0.6 is 0 Å². The Bertz CT molecular complexity index is 674. The van der Waals surface area contributed by atoms with Gasteiger partial charge in [-0.05, 0) is 94.0 Å². The zero-order valence-corrected chi connectivity index (χ0v) is 17.3. The smallest absolute Gasteiger partial charge is 0.305 e. The van der Waals surface area contributed by atoms with Gasteiger partial charge in [-0.3, -0.25) is 9.59 Å². The summed E-state index contributed by atoms with van der Waals surface area (Å²) in [4.78, 5) is 24.1. The number of aryl methyl sites for hydroxylation is 1. The molecule has 2 aliphatic rings. The lowest BCUT2D eigenvalue weighted by Gasteiger charge is -2.29. The van der Waals surface area contributed by atoms with Gasteiger partial charge < -0.3 is 15.4 Å². The number of benzene rings is 1. The van der Waals surface area contributed by atoms with Crippen LogP contribution in [0.25, 0.3) is 0 Å². The van der Waals surface area contributed by atoms with E-state index in [0.717, 1.165) is 56.3 Å². The van der Waals surface area contributed by atoms with Crippen LogP contribution in [0.2, 0.25) is 0 Å². The molecule has 1 saturated carbocycles. The zero-order valence-electron chi connectivity index (χ0n) is 17.3. The van der Waals surface area contributed by atoms with Crippen molar-refractivity contribution in [1.29, 1.82) is 0 Å². The molecule has 1 aliphatic carbocycles. The van der Waals surface area contributed by atoms with Crippen LogP contribution in [0.4, 0.5) is 0 Å². The predicted molar refractivity (Wildman–Crippen MR) is 110 cm³/mol. The number of amides is 1. The molecule has 28 heavy (non-hydrogen) atoms. The Hall–Kier alpha value is -1.88. The molecule has 1 amide bonds. The average Bonchev–Trinajstić information content (AvgIpc) is 2.73. The van der Waals surface area contributed by atoms with E-state index in [1.165, 1.54) is 25.5 Å². The fourth-order valence-electron chi connectivity index (χ4n) is 4.63. The molecule has 2 N–H and O–H groups in total. The lowest BCUT2D eigenvalue weighted by atomic mass is 9.83. The van der Waals surface area contributed by atoms with Crippen molar-refractivity contribution < 1.29 is 14.3 Å². The van der Waals surface area contributed by atoms with Crippen LogP contribution in [0.15, 0.2) is 18.2 Å². The monoisotopic (exact) mass is 386 g/mol. The Morgan fingerprint density at radius 2 is 1.82 bits per heavy atom. The molecule has 3 rings (SSSR count). The van der Waals surface area contributed by atoms with E-state index in [-0.39, 0.29) is 17.9 Å². The van der Waals surface area contributed by atoms with Crippen LogP contribution in [-0.2, 0) is 9.53 Å². The van der Waals surface area contributed by atoms with E-state index in [1.807, 2.05) is 13.0 Å². The van der Waals surface area contributed by atoms with Crippen LogP contribution in [-0.4, -0.2) is 38.1 Å². The van der Waals surface area contributed by atoms with Crippen molar-refractivity contribution in [2.75, 3.05) is 20.2 Å². The Morgan fingerprint density at radius 3 is 2.46 bits per heavy atom. The maximum Gasteiger partial charge on any atom is 0.305 e. The van der Waals surface area contributed by atoms with E-state index in [4.69, 9.17) is 4.74 Å². The third-order valence-electron chi connectivity index (χ3n) is 6.47. The second-order valence-corrected chi connectivity index (χ2v) is 8.40. The number of piperidine rings is 1. The van der Waals surface area contributed by atoms with E-state index in [9.17, 15) is 9.59 Å². The van der Waals surface area contributed by atoms with E-state index in [1.54, 1.807) is 0 Å². The highest BCUT2D eigenvalue weighted by atomic mass is 16.5. The normalized spacial score (nSPS) is 23.2. The fourth-order valence-corrected chi connectivity index (χ4v) is 4.63. The Labute approximate surface area is 168 Å². The van der Waals surface area contributed by atoms with Crippen LogP contribution in [0, 0.1) is 12.8 Å². The van der Waals surface area contributed by atoms with Gasteiger partial charge in [-0.15, -0.1) is 0 Å². The van der Waals surface area contributed by atoms with Crippen molar-refractivity contribution in [3.63, 3.8) is 0 Å². The molecule has 0 bridgehead atoms. The minimum Gasteiger partial charge on any atom is -0.469 e. The van der Waals surface area contributed by atoms with Gasteiger partial charge in [0.15, 0.2) is 0 Å². The topological polar surface area (TPSA) is 67.4 Å². The van der Waals surface area contributed by atoms with Crippen molar-refractivity contribution in [3.8, 4) is 0 Å². The van der Waals surface area contributed by atoms with E-state index in [2.05, 4.69) is 22.8 Å². The molecule has 0 unspecified atom stereocenters. The minimum atomic E-state index is -0.126. The lowest BCUT2D eigenvalue weighted by molar-refractivity contribution is -0.141. The maximum absolute atomic E-state index is 12.8. The molecule has 1 saturated heterocycles. The number of hydrogen-bond acceptors (Lipinski definition) is 4. The van der Waals surface area contributed by atoms with Crippen LogP contribution < -0.4 is 10.6 Å². The van der Waals surface area contributed by atoms with Crippen molar-refractivity contribution in [2.45, 2.75) is 70.3 Å². The first kappa shape index (κ1) is 20.8. The molecule has 2 fully saturated rings. The molecule has 1 heterocycles. The number of methoxy groups -OCH3 is 1. The highest BCUT2D eigenvalue weighted by molar-refractivity contribution is 5.95. The van der Waals surface area contributed by atoms with Gasteiger partial charge in [0.05, 0.1) is 7.11 Å². The van der Waals surface area contributed by atoms with Crippen LogP contribution in [0.3, 0.4) is 0 Å². The summed E-state index contributed by atoms with van der Waals surface area (Å²) in [5, 5.41) is 6.64. The van der Waals surface area contributed by atoms with Gasteiger partial charge >= 0.3 is 5.97 Å². The van der Waals surface area contributed by atoms with Gasteiger partial charge in [-0.25, -0.2) is 0 Å². The molecule has 0 aromatic heterocycles. The number of esters is 1. The van der Waals surface area contributed by atoms with Crippen LogP contribution in [0.5, 0.6) is 0 Å². The molecule has 0 radical (unpaired) electrons. The number of rotatable bonds is 6. The zero-order chi connectivity index (χ0) is 19.9. The highest BCUT2D eigenvalue weighted by Gasteiger charge is 2.24. The van der Waals surface area contributed by atoms with Crippen molar-refractivity contribution in [1.82, 2.24) is 10.6 Å². The number of ether oxygens (including phenoxy) is 1. The van der Waals surface area contributed by atoms with Gasteiger partial charge in [0.2, 0.25) is 0 Å². The average molecular weight is 387 g/mol. The summed E-state index contributed by atoms with van der Waals surface area (Å²) in [6, 6.07) is 6.59. The first-order valence-electron chi connectivity index (χ1n) is 10.8. The summed E-state index contributed by atoms with van der Waals surface area (Å²) in [6.07, 6.45) is 7.85. The summed E-state index contributed by atoms with van der Waals surface area (Å²) in [7, 11) is 1.44. The summed E-state index contributed by atoms with van der Waals surface area (Å²) in [5.74, 6) is 1.10. The molecule has 5 nitrogen and oxygen atoms in total. The fraction of sp³-hybridized carbons (Fsp3) is 0.652. The van der Waals surface area contributed by atoms with E-state index < -0.39 is 0 Å². The van der Waals surface area contributed by atoms with E-state index in [0.29, 0.717) is 18.3 Å². The molecule has 0 atom stereocenters. The lowest BCUT2D eigenvalue weighted by Crippen LogP contribution is -2.38. The summed E-state index contributed by atoms with van der Waals surface area (Å²) >= 11 is 0. The van der Waals surface area contributed by atoms with E-state index >= 15 is 0 Å². The van der Waals surface area contributed by atoms with Crippen LogP contribution in [0.1, 0.15) is 78.8 Å². The van der Waals surface area contributed by atoms with Gasteiger partial charge in [-0.1, -0.05) is 12.1 Å².